The SMILES string of the molecule is C.C.C#CCNc1ccc(P(C)(C)=O)cc1OC1CC1.[HH]. The minimum absolute atomic E-state index is 0. The van der Waals surface area contributed by atoms with Crippen LogP contribution in [0.4, 0.5) is 5.69 Å². The minimum Gasteiger partial charge on any atom is -0.488 e. The smallest absolute Gasteiger partial charge is 0.143 e. The lowest BCUT2D eigenvalue weighted by atomic mass is 10.3. The molecule has 2 rings (SSSR count). The van der Waals surface area contributed by atoms with Gasteiger partial charge >= 0.3 is 0 Å². The Morgan fingerprint density at radius 1 is 1.45 bits per heavy atom. The molecule has 1 aromatic rings. The molecule has 0 heterocycles. The van der Waals surface area contributed by atoms with E-state index in [0.29, 0.717) is 12.6 Å². The van der Waals surface area contributed by atoms with Gasteiger partial charge in [-0.15, -0.1) is 6.42 Å². The van der Waals surface area contributed by atoms with Crippen LogP contribution in [-0.2, 0) is 4.57 Å². The van der Waals surface area contributed by atoms with Gasteiger partial charge in [0.25, 0.3) is 0 Å². The van der Waals surface area contributed by atoms with Crippen LogP contribution < -0.4 is 15.4 Å². The Labute approximate surface area is 125 Å². The fourth-order valence-corrected chi connectivity index (χ4v) is 2.46. The minimum atomic E-state index is -2.26. The van der Waals surface area contributed by atoms with Crippen LogP contribution >= 0.6 is 7.14 Å². The molecule has 0 spiro atoms. The normalized spacial score (nSPS) is 13.4. The molecule has 0 aliphatic heterocycles. The molecule has 1 aromatic carbocycles. The number of hydrogen-bond donors (Lipinski definition) is 1. The summed E-state index contributed by atoms with van der Waals surface area (Å²) in [5.41, 5.74) is 0.872. The first-order valence-electron chi connectivity index (χ1n) is 6.04. The van der Waals surface area contributed by atoms with Gasteiger partial charge in [-0.25, -0.2) is 0 Å². The molecule has 0 bridgehead atoms. The van der Waals surface area contributed by atoms with Crippen LogP contribution in [0.5, 0.6) is 5.75 Å². The molecule has 0 amide bonds. The largest absolute Gasteiger partial charge is 0.488 e. The molecule has 1 N–H and O–H groups in total. The monoisotopic (exact) mass is 297 g/mol. The third kappa shape index (κ3) is 4.94. The molecule has 1 aliphatic rings. The van der Waals surface area contributed by atoms with Gasteiger partial charge in [-0.3, -0.25) is 0 Å². The van der Waals surface area contributed by atoms with Gasteiger partial charge < -0.3 is 14.6 Å². The van der Waals surface area contributed by atoms with Crippen LogP contribution in [0.2, 0.25) is 0 Å². The van der Waals surface area contributed by atoms with E-state index in [-0.39, 0.29) is 16.3 Å². The van der Waals surface area contributed by atoms with Crippen molar-refractivity contribution in [1.29, 1.82) is 0 Å². The summed E-state index contributed by atoms with van der Waals surface area (Å²) in [7, 11) is -2.26. The van der Waals surface area contributed by atoms with Crippen molar-refractivity contribution in [3.05, 3.63) is 18.2 Å². The first-order valence-corrected chi connectivity index (χ1v) is 8.64. The van der Waals surface area contributed by atoms with Crippen molar-refractivity contribution in [3.63, 3.8) is 0 Å². The molecule has 0 saturated heterocycles. The quantitative estimate of drug-likeness (QED) is 0.658. The van der Waals surface area contributed by atoms with Crippen molar-refractivity contribution < 1.29 is 10.7 Å². The molecule has 1 fully saturated rings. The van der Waals surface area contributed by atoms with Crippen molar-refractivity contribution in [2.75, 3.05) is 25.2 Å². The van der Waals surface area contributed by atoms with E-state index < -0.39 is 7.14 Å². The number of rotatable bonds is 5. The number of terminal acetylenes is 1. The average molecular weight is 297 g/mol. The zero-order valence-electron chi connectivity index (χ0n) is 10.8. The number of anilines is 1. The van der Waals surface area contributed by atoms with Gasteiger partial charge in [-0.2, -0.15) is 0 Å². The first kappa shape index (κ1) is 18.6. The highest BCUT2D eigenvalue weighted by Crippen LogP contribution is 2.39. The highest BCUT2D eigenvalue weighted by molar-refractivity contribution is 7.70. The second-order valence-electron chi connectivity index (χ2n) is 4.91. The lowest BCUT2D eigenvalue weighted by molar-refractivity contribution is 0.305. The molecule has 20 heavy (non-hydrogen) atoms. The van der Waals surface area contributed by atoms with Crippen LogP contribution in [0.3, 0.4) is 0 Å². The fourth-order valence-electron chi connectivity index (χ4n) is 1.60. The Morgan fingerprint density at radius 3 is 2.60 bits per heavy atom. The zero-order valence-corrected chi connectivity index (χ0v) is 11.7. The average Bonchev–Trinajstić information content (AvgIpc) is 3.10. The van der Waals surface area contributed by atoms with Gasteiger partial charge in [0.15, 0.2) is 0 Å². The van der Waals surface area contributed by atoms with Crippen LogP contribution in [0.15, 0.2) is 18.2 Å². The topological polar surface area (TPSA) is 38.3 Å². The Balaban J connectivity index is 0. The summed E-state index contributed by atoms with van der Waals surface area (Å²) in [6.07, 6.45) is 7.73. The van der Waals surface area contributed by atoms with E-state index in [0.717, 1.165) is 29.6 Å². The molecule has 0 radical (unpaired) electrons. The lowest BCUT2D eigenvalue weighted by Gasteiger charge is -2.15. The van der Waals surface area contributed by atoms with Gasteiger partial charge in [-0.05, 0) is 44.4 Å². The van der Waals surface area contributed by atoms with Gasteiger partial charge in [0.1, 0.15) is 12.9 Å². The maximum absolute atomic E-state index is 12.1. The van der Waals surface area contributed by atoms with Crippen LogP contribution in [0, 0.1) is 12.3 Å². The second-order valence-corrected chi connectivity index (χ2v) is 8.12. The second kappa shape index (κ2) is 7.41. The summed E-state index contributed by atoms with van der Waals surface area (Å²) >= 11 is 0. The van der Waals surface area contributed by atoms with E-state index in [1.165, 1.54) is 0 Å². The first-order chi connectivity index (χ1) is 8.50. The molecule has 4 heteroatoms. The molecule has 3 nitrogen and oxygen atoms in total. The maximum atomic E-state index is 12.1. The van der Waals surface area contributed by atoms with Crippen molar-refractivity contribution in [3.8, 4) is 18.1 Å². The molecule has 1 aliphatic carbocycles. The molecule has 0 atom stereocenters. The van der Waals surface area contributed by atoms with Crippen LogP contribution in [-0.4, -0.2) is 26.0 Å². The molecule has 0 unspecified atom stereocenters. The van der Waals surface area contributed by atoms with E-state index >= 15 is 0 Å². The summed E-state index contributed by atoms with van der Waals surface area (Å²) in [5, 5.41) is 3.96. The molecular formula is C16H28NO2P. The summed E-state index contributed by atoms with van der Waals surface area (Å²) in [6, 6.07) is 5.64. The van der Waals surface area contributed by atoms with Crippen molar-refractivity contribution in [2.24, 2.45) is 0 Å². The van der Waals surface area contributed by atoms with E-state index in [1.54, 1.807) is 13.3 Å². The number of nitrogens with one attached hydrogen (secondary N) is 1. The summed E-state index contributed by atoms with van der Waals surface area (Å²) < 4.78 is 17.9. The third-order valence-electron chi connectivity index (χ3n) is 2.79. The van der Waals surface area contributed by atoms with Gasteiger partial charge in [0.05, 0.1) is 18.3 Å². The van der Waals surface area contributed by atoms with Gasteiger partial charge in [0, 0.05) is 6.73 Å². The summed E-state index contributed by atoms with van der Waals surface area (Å²) in [6.45, 7) is 3.98. The third-order valence-corrected chi connectivity index (χ3v) is 4.31. The van der Waals surface area contributed by atoms with Gasteiger partial charge in [0.2, 0.25) is 0 Å². The highest BCUT2D eigenvalue weighted by atomic mass is 31.2. The van der Waals surface area contributed by atoms with Crippen molar-refractivity contribution in [1.82, 2.24) is 0 Å². The standard InChI is InChI=1S/C14H18NO2P.2CH4.H2/c1-4-9-15-13-8-7-12(18(2,3)16)10-14(13)17-11-5-6-11;;;/h1,7-8,10-11,15H,5-6,9H2,2-3H3;2*1H4;1H. The Kier molecular flexibility index (Phi) is 6.89. The number of hydrogen-bond acceptors (Lipinski definition) is 3. The fraction of sp³-hybridized carbons (Fsp3) is 0.500. The molecule has 1 saturated carbocycles. The maximum Gasteiger partial charge on any atom is 0.143 e. The van der Waals surface area contributed by atoms with Crippen LogP contribution in [0.25, 0.3) is 0 Å². The Morgan fingerprint density at radius 2 is 2.10 bits per heavy atom. The highest BCUT2D eigenvalue weighted by Gasteiger charge is 2.25. The molecule has 0 aromatic heterocycles. The van der Waals surface area contributed by atoms with Crippen molar-refractivity contribution >= 4 is 18.1 Å². The Bertz CT molecular complexity index is 530. The number of ether oxygens (including phenoxy) is 1. The van der Waals surface area contributed by atoms with E-state index in [1.807, 2.05) is 18.2 Å². The van der Waals surface area contributed by atoms with E-state index in [2.05, 4.69) is 11.2 Å². The zero-order chi connectivity index (χ0) is 13.2. The molecular weight excluding hydrogens is 269 g/mol. The van der Waals surface area contributed by atoms with E-state index in [9.17, 15) is 4.57 Å². The summed E-state index contributed by atoms with van der Waals surface area (Å²) in [4.78, 5) is 0. The lowest BCUT2D eigenvalue weighted by Crippen LogP contribution is -2.09. The van der Waals surface area contributed by atoms with Crippen LogP contribution in [0.1, 0.15) is 29.1 Å². The molecule has 114 valence electrons. The summed E-state index contributed by atoms with van der Waals surface area (Å²) in [5.74, 6) is 3.29. The van der Waals surface area contributed by atoms with Crippen molar-refractivity contribution in [2.45, 2.75) is 33.8 Å². The number of benzene rings is 1. The van der Waals surface area contributed by atoms with Gasteiger partial charge in [-0.1, -0.05) is 20.8 Å². The predicted octanol–water partition coefficient (Wildman–Crippen LogP) is 4.04. The Hall–Kier alpha value is -1.39. The van der Waals surface area contributed by atoms with E-state index in [4.69, 9.17) is 11.2 Å². The predicted molar refractivity (Wildman–Crippen MR) is 92.1 cm³/mol.